The molecule has 0 radical (unpaired) electrons. The maximum atomic E-state index is 13.5. The van der Waals surface area contributed by atoms with Gasteiger partial charge in [-0.05, 0) is 80.8 Å². The number of fused-ring (bicyclic) bond motifs is 1. The second kappa shape index (κ2) is 16.4. The summed E-state index contributed by atoms with van der Waals surface area (Å²) < 4.78 is 88.7. The van der Waals surface area contributed by atoms with E-state index in [1.54, 1.807) is 18.2 Å². The second-order valence-electron chi connectivity index (χ2n) is 12.7. The summed E-state index contributed by atoms with van der Waals surface area (Å²) in [6, 6.07) is 14.1. The molecule has 51 heavy (non-hydrogen) atoms. The van der Waals surface area contributed by atoms with Gasteiger partial charge in [0.1, 0.15) is 0 Å². The number of likely N-dealkylation sites (N-methyl/N-ethyl adjacent to an activating group) is 1. The number of piperidine rings is 1. The Morgan fingerprint density at radius 1 is 0.961 bits per heavy atom. The van der Waals surface area contributed by atoms with Crippen molar-refractivity contribution in [2.75, 3.05) is 51.8 Å². The lowest BCUT2D eigenvalue weighted by Crippen LogP contribution is -2.40. The average Bonchev–Trinajstić information content (AvgIpc) is 3.43. The summed E-state index contributed by atoms with van der Waals surface area (Å²) in [5.74, 6) is -0.511. The number of rotatable bonds is 13. The lowest BCUT2D eigenvalue weighted by molar-refractivity contribution is -0.143. The summed E-state index contributed by atoms with van der Waals surface area (Å²) >= 11 is 12.5. The molecule has 1 aliphatic heterocycles. The lowest BCUT2D eigenvalue weighted by atomic mass is 9.93. The van der Waals surface area contributed by atoms with Crippen molar-refractivity contribution in [3.63, 3.8) is 0 Å². The Bertz CT molecular complexity index is 1770. The SMILES string of the molecule is CCOCCn1c(NC2CCN(CCC(CN(C)C(=O)c3cc(C(F)(F)F)cc(C(F)(F)F)c3)c3ccc(Cl)c(Cl)c3)CC2)nc2ccccc21. The van der Waals surface area contributed by atoms with Gasteiger partial charge in [0.2, 0.25) is 5.95 Å². The summed E-state index contributed by atoms with van der Waals surface area (Å²) in [7, 11) is 1.36. The van der Waals surface area contributed by atoms with Crippen LogP contribution >= 0.6 is 23.2 Å². The zero-order valence-electron chi connectivity index (χ0n) is 28.1. The first-order valence-electron chi connectivity index (χ1n) is 16.7. The Balaban J connectivity index is 1.26. The van der Waals surface area contributed by atoms with Gasteiger partial charge in [0, 0.05) is 57.4 Å². The van der Waals surface area contributed by atoms with Crippen LogP contribution in [-0.4, -0.2) is 77.7 Å². The number of carbonyl (C=O) groups is 1. The van der Waals surface area contributed by atoms with Crippen LogP contribution in [-0.2, 0) is 23.6 Å². The molecule has 1 amide bonds. The molecule has 0 aliphatic carbocycles. The van der Waals surface area contributed by atoms with Gasteiger partial charge >= 0.3 is 12.4 Å². The number of alkyl halides is 6. The van der Waals surface area contributed by atoms with Crippen LogP contribution in [0.1, 0.15) is 59.2 Å². The first-order valence-corrected chi connectivity index (χ1v) is 17.4. The van der Waals surface area contributed by atoms with E-state index in [9.17, 15) is 31.1 Å². The van der Waals surface area contributed by atoms with Crippen molar-refractivity contribution in [1.82, 2.24) is 19.4 Å². The van der Waals surface area contributed by atoms with Crippen LogP contribution < -0.4 is 5.32 Å². The zero-order chi connectivity index (χ0) is 36.9. The van der Waals surface area contributed by atoms with Crippen LogP contribution in [0.15, 0.2) is 60.7 Å². The Labute approximate surface area is 302 Å². The largest absolute Gasteiger partial charge is 0.416 e. The smallest absolute Gasteiger partial charge is 0.380 e. The molecule has 2 heterocycles. The fraction of sp³-hybridized carbons (Fsp3) is 0.444. The van der Waals surface area contributed by atoms with Crippen LogP contribution in [0.5, 0.6) is 0 Å². The number of nitrogens with one attached hydrogen (secondary N) is 1. The molecule has 0 spiro atoms. The molecule has 0 saturated carbocycles. The monoisotopic (exact) mass is 757 g/mol. The van der Waals surface area contributed by atoms with Crippen molar-refractivity contribution in [3.8, 4) is 0 Å². The van der Waals surface area contributed by atoms with E-state index in [2.05, 4.69) is 14.8 Å². The van der Waals surface area contributed by atoms with Crippen LogP contribution in [0, 0.1) is 0 Å². The van der Waals surface area contributed by atoms with E-state index in [0.717, 1.165) is 53.4 Å². The summed E-state index contributed by atoms with van der Waals surface area (Å²) in [5, 5.41) is 4.25. The minimum absolute atomic E-state index is 0.00669. The van der Waals surface area contributed by atoms with Crippen molar-refractivity contribution in [2.45, 2.75) is 57.0 Å². The number of halogens is 8. The number of benzene rings is 3. The molecule has 1 fully saturated rings. The number of amides is 1. The van der Waals surface area contributed by atoms with Gasteiger partial charge < -0.3 is 24.4 Å². The Morgan fingerprint density at radius 3 is 2.25 bits per heavy atom. The minimum Gasteiger partial charge on any atom is -0.380 e. The van der Waals surface area contributed by atoms with Crippen molar-refractivity contribution in [2.24, 2.45) is 0 Å². The molecule has 5 rings (SSSR count). The standard InChI is InChI=1S/C36H39Cl2F6N5O2/c1-3-51-17-16-49-32-7-5-4-6-31(32)46-34(49)45-28-11-14-48(15-12-28)13-10-24(23-8-9-29(37)30(38)20-23)22-47(2)33(50)25-18-26(35(39,40)41)21-27(19-25)36(42,43)44/h4-9,18-21,24,28H,3,10-17,22H2,1-2H3,(H,45,46). The van der Waals surface area contributed by atoms with Crippen LogP contribution in [0.3, 0.4) is 0 Å². The predicted molar refractivity (Wildman–Crippen MR) is 187 cm³/mol. The van der Waals surface area contributed by atoms with Crippen LogP contribution in [0.25, 0.3) is 11.0 Å². The summed E-state index contributed by atoms with van der Waals surface area (Å²) in [6.07, 6.45) is -7.90. The molecule has 7 nitrogen and oxygen atoms in total. The topological polar surface area (TPSA) is 62.6 Å². The Morgan fingerprint density at radius 2 is 1.63 bits per heavy atom. The highest BCUT2D eigenvalue weighted by Crippen LogP contribution is 2.37. The van der Waals surface area contributed by atoms with Crippen LogP contribution in [0.2, 0.25) is 10.0 Å². The van der Waals surface area contributed by atoms with Gasteiger partial charge in [-0.1, -0.05) is 41.4 Å². The number of likely N-dealkylation sites (tertiary alicyclic amines) is 1. The minimum atomic E-state index is -5.07. The van der Waals surface area contributed by atoms with Crippen LogP contribution in [0.4, 0.5) is 32.3 Å². The van der Waals surface area contributed by atoms with E-state index in [1.807, 2.05) is 31.2 Å². The first kappa shape index (κ1) is 38.7. The number of hydrogen-bond donors (Lipinski definition) is 1. The molecular weight excluding hydrogens is 719 g/mol. The van der Waals surface area contributed by atoms with Crippen molar-refractivity contribution < 1.29 is 35.9 Å². The van der Waals surface area contributed by atoms with Gasteiger partial charge in [0.15, 0.2) is 0 Å². The van der Waals surface area contributed by atoms with E-state index >= 15 is 0 Å². The zero-order valence-corrected chi connectivity index (χ0v) is 29.6. The number of ether oxygens (including phenoxy) is 1. The molecule has 1 saturated heterocycles. The molecular formula is C36H39Cl2F6N5O2. The number of carbonyl (C=O) groups excluding carboxylic acids is 1. The maximum absolute atomic E-state index is 13.5. The fourth-order valence-electron chi connectivity index (χ4n) is 6.38. The molecule has 1 aromatic heterocycles. The van der Waals surface area contributed by atoms with Gasteiger partial charge in [-0.3, -0.25) is 4.79 Å². The van der Waals surface area contributed by atoms with E-state index in [-0.39, 0.29) is 24.6 Å². The molecule has 276 valence electrons. The van der Waals surface area contributed by atoms with Crippen molar-refractivity contribution in [3.05, 3.63) is 93.0 Å². The highest BCUT2D eigenvalue weighted by atomic mass is 35.5. The number of aromatic nitrogens is 2. The van der Waals surface area contributed by atoms with Crippen molar-refractivity contribution in [1.29, 1.82) is 0 Å². The van der Waals surface area contributed by atoms with Gasteiger partial charge in [0.05, 0.1) is 38.8 Å². The van der Waals surface area contributed by atoms with Gasteiger partial charge in [-0.25, -0.2) is 4.98 Å². The Hall–Kier alpha value is -3.52. The second-order valence-corrected chi connectivity index (χ2v) is 13.5. The third-order valence-corrected chi connectivity index (χ3v) is 9.86. The maximum Gasteiger partial charge on any atom is 0.416 e. The summed E-state index contributed by atoms with van der Waals surface area (Å²) in [4.78, 5) is 21.6. The van der Waals surface area contributed by atoms with E-state index in [1.165, 1.54) is 7.05 Å². The number of anilines is 1. The highest BCUT2D eigenvalue weighted by Gasteiger charge is 2.38. The van der Waals surface area contributed by atoms with Gasteiger partial charge in [-0.2, -0.15) is 26.3 Å². The number of para-hydroxylation sites is 2. The van der Waals surface area contributed by atoms with E-state index < -0.39 is 35.0 Å². The molecule has 1 aliphatic rings. The van der Waals surface area contributed by atoms with E-state index in [4.69, 9.17) is 32.9 Å². The number of imidazole rings is 1. The highest BCUT2D eigenvalue weighted by molar-refractivity contribution is 6.42. The van der Waals surface area contributed by atoms with Gasteiger partial charge in [0.25, 0.3) is 5.91 Å². The molecule has 1 atom stereocenters. The third-order valence-electron chi connectivity index (χ3n) is 9.12. The molecule has 1 N–H and O–H groups in total. The predicted octanol–water partition coefficient (Wildman–Crippen LogP) is 9.24. The molecule has 15 heteroatoms. The van der Waals surface area contributed by atoms with Crippen molar-refractivity contribution >= 4 is 46.1 Å². The summed E-state index contributed by atoms with van der Waals surface area (Å²) in [6.45, 7) is 6.04. The molecule has 0 bridgehead atoms. The van der Waals surface area contributed by atoms with Gasteiger partial charge in [-0.15, -0.1) is 0 Å². The average molecular weight is 759 g/mol. The lowest BCUT2D eigenvalue weighted by Gasteiger charge is -2.34. The number of hydrogen-bond acceptors (Lipinski definition) is 5. The summed E-state index contributed by atoms with van der Waals surface area (Å²) in [5.41, 5.74) is -1.12. The fourth-order valence-corrected chi connectivity index (χ4v) is 6.68. The normalized spacial score (nSPS) is 15.3. The van der Waals surface area contributed by atoms with E-state index in [0.29, 0.717) is 54.9 Å². The third kappa shape index (κ3) is 9.88. The first-order chi connectivity index (χ1) is 24.1. The molecule has 3 aromatic carbocycles. The number of nitrogens with zero attached hydrogens (tertiary/aromatic N) is 4. The Kier molecular flexibility index (Phi) is 12.5. The molecule has 1 unspecified atom stereocenters. The quantitative estimate of drug-likeness (QED) is 0.109. The molecule has 4 aromatic rings.